The average Bonchev–Trinajstić information content (AvgIpc) is 2.58. The van der Waals surface area contributed by atoms with E-state index in [1.807, 2.05) is 0 Å². The maximum absolute atomic E-state index is 6.15. The van der Waals surface area contributed by atoms with E-state index in [9.17, 15) is 0 Å². The number of hydrogen-bond acceptors (Lipinski definition) is 3. The fraction of sp³-hybridized carbons (Fsp3) is 1.00. The Hall–Kier alpha value is -0.120. The third kappa shape index (κ3) is 4.44. The maximum Gasteiger partial charge on any atom is 0.0710 e. The van der Waals surface area contributed by atoms with Crippen molar-refractivity contribution in [2.45, 2.75) is 71.1 Å². The summed E-state index contributed by atoms with van der Waals surface area (Å²) < 4.78 is 6.15. The van der Waals surface area contributed by atoms with Crippen LogP contribution >= 0.6 is 0 Å². The highest BCUT2D eigenvalue weighted by Crippen LogP contribution is 2.30. The monoisotopic (exact) mass is 268 g/mol. The Balaban J connectivity index is 1.85. The first-order valence-corrected chi connectivity index (χ1v) is 8.14. The molecule has 0 saturated carbocycles. The minimum absolute atomic E-state index is 0.102. The molecule has 0 aromatic heterocycles. The lowest BCUT2D eigenvalue weighted by Gasteiger charge is -2.30. The van der Waals surface area contributed by atoms with Crippen LogP contribution in [0.4, 0.5) is 0 Å². The van der Waals surface area contributed by atoms with Crippen LogP contribution in [0.25, 0.3) is 0 Å². The van der Waals surface area contributed by atoms with Gasteiger partial charge in [0.1, 0.15) is 0 Å². The van der Waals surface area contributed by atoms with E-state index in [-0.39, 0.29) is 5.60 Å². The fourth-order valence-corrected chi connectivity index (χ4v) is 3.35. The normalized spacial score (nSPS) is 34.1. The SMILES string of the molecule is CCC(C)C1CN(CC2CCC(C)(C)O2)CCCN1. The molecule has 0 spiro atoms. The van der Waals surface area contributed by atoms with E-state index in [0.717, 1.165) is 12.5 Å². The van der Waals surface area contributed by atoms with Crippen LogP contribution in [0.1, 0.15) is 53.4 Å². The van der Waals surface area contributed by atoms with Gasteiger partial charge >= 0.3 is 0 Å². The van der Waals surface area contributed by atoms with Gasteiger partial charge in [0.2, 0.25) is 0 Å². The minimum atomic E-state index is 0.102. The van der Waals surface area contributed by atoms with Crippen molar-refractivity contribution in [2.75, 3.05) is 26.2 Å². The molecule has 2 aliphatic heterocycles. The second-order valence-electron chi connectivity index (χ2n) is 7.10. The largest absolute Gasteiger partial charge is 0.371 e. The molecule has 0 aromatic rings. The average molecular weight is 268 g/mol. The van der Waals surface area contributed by atoms with Crippen molar-refractivity contribution in [1.82, 2.24) is 10.2 Å². The van der Waals surface area contributed by atoms with Crippen molar-refractivity contribution in [3.05, 3.63) is 0 Å². The number of hydrogen-bond donors (Lipinski definition) is 1. The lowest BCUT2D eigenvalue weighted by Crippen LogP contribution is -2.44. The lowest BCUT2D eigenvalue weighted by atomic mass is 9.99. The van der Waals surface area contributed by atoms with Gasteiger partial charge in [-0.25, -0.2) is 0 Å². The van der Waals surface area contributed by atoms with Crippen molar-refractivity contribution in [1.29, 1.82) is 0 Å². The standard InChI is InChI=1S/C16H32N2O/c1-5-13(2)15-12-18(10-6-9-17-15)11-14-7-8-16(3,4)19-14/h13-15,17H,5-12H2,1-4H3. The van der Waals surface area contributed by atoms with Crippen LogP contribution in [0.3, 0.4) is 0 Å². The highest BCUT2D eigenvalue weighted by Gasteiger charge is 2.33. The van der Waals surface area contributed by atoms with E-state index >= 15 is 0 Å². The minimum Gasteiger partial charge on any atom is -0.371 e. The van der Waals surface area contributed by atoms with Gasteiger partial charge in [-0.1, -0.05) is 20.3 Å². The summed E-state index contributed by atoms with van der Waals surface area (Å²) in [6, 6.07) is 0.655. The summed E-state index contributed by atoms with van der Waals surface area (Å²) in [5.74, 6) is 0.765. The summed E-state index contributed by atoms with van der Waals surface area (Å²) >= 11 is 0. The van der Waals surface area contributed by atoms with Crippen molar-refractivity contribution in [3.8, 4) is 0 Å². The highest BCUT2D eigenvalue weighted by molar-refractivity contribution is 4.86. The van der Waals surface area contributed by atoms with Crippen LogP contribution in [0.15, 0.2) is 0 Å². The Morgan fingerprint density at radius 2 is 2.21 bits per heavy atom. The molecule has 3 atom stereocenters. The Morgan fingerprint density at radius 3 is 2.84 bits per heavy atom. The van der Waals surface area contributed by atoms with Crippen LogP contribution in [0.5, 0.6) is 0 Å². The fourth-order valence-electron chi connectivity index (χ4n) is 3.35. The summed E-state index contributed by atoms with van der Waals surface area (Å²) in [6.45, 7) is 13.8. The van der Waals surface area contributed by atoms with Gasteiger partial charge in [0, 0.05) is 19.1 Å². The topological polar surface area (TPSA) is 24.5 Å². The molecule has 2 fully saturated rings. The molecule has 1 N–H and O–H groups in total. The molecule has 2 rings (SSSR count). The van der Waals surface area contributed by atoms with Gasteiger partial charge in [-0.3, -0.25) is 4.90 Å². The summed E-state index contributed by atoms with van der Waals surface area (Å²) in [6.07, 6.45) is 5.41. The Bertz CT molecular complexity index is 280. The molecule has 112 valence electrons. The quantitative estimate of drug-likeness (QED) is 0.848. The first kappa shape index (κ1) is 15.3. The van der Waals surface area contributed by atoms with Crippen LogP contribution in [0.2, 0.25) is 0 Å². The van der Waals surface area contributed by atoms with Gasteiger partial charge in [-0.15, -0.1) is 0 Å². The molecule has 2 saturated heterocycles. The Morgan fingerprint density at radius 1 is 1.42 bits per heavy atom. The molecule has 0 bridgehead atoms. The second kappa shape index (κ2) is 6.55. The molecule has 3 heteroatoms. The zero-order valence-corrected chi connectivity index (χ0v) is 13.2. The third-order valence-corrected chi connectivity index (χ3v) is 4.86. The predicted octanol–water partition coefficient (Wildman–Crippen LogP) is 2.65. The molecule has 3 unspecified atom stereocenters. The van der Waals surface area contributed by atoms with Crippen molar-refractivity contribution in [2.24, 2.45) is 5.92 Å². The van der Waals surface area contributed by atoms with E-state index in [1.54, 1.807) is 0 Å². The van der Waals surface area contributed by atoms with E-state index in [1.165, 1.54) is 45.3 Å². The van der Waals surface area contributed by atoms with Gasteiger partial charge in [0.15, 0.2) is 0 Å². The molecule has 19 heavy (non-hydrogen) atoms. The van der Waals surface area contributed by atoms with Crippen molar-refractivity contribution in [3.63, 3.8) is 0 Å². The van der Waals surface area contributed by atoms with Crippen molar-refractivity contribution >= 4 is 0 Å². The van der Waals surface area contributed by atoms with E-state index < -0.39 is 0 Å². The van der Waals surface area contributed by atoms with E-state index in [0.29, 0.717) is 12.1 Å². The molecule has 0 aliphatic carbocycles. The second-order valence-corrected chi connectivity index (χ2v) is 7.10. The first-order valence-electron chi connectivity index (χ1n) is 8.14. The molecule has 2 aliphatic rings. The molecule has 3 nitrogen and oxygen atoms in total. The third-order valence-electron chi connectivity index (χ3n) is 4.86. The van der Waals surface area contributed by atoms with Gasteiger partial charge in [0.05, 0.1) is 11.7 Å². The molecule has 0 amide bonds. The smallest absolute Gasteiger partial charge is 0.0710 e. The zero-order valence-electron chi connectivity index (χ0n) is 13.2. The Kier molecular flexibility index (Phi) is 5.27. The lowest BCUT2D eigenvalue weighted by molar-refractivity contribution is -0.0291. The van der Waals surface area contributed by atoms with Crippen LogP contribution in [-0.4, -0.2) is 48.8 Å². The van der Waals surface area contributed by atoms with Gasteiger partial charge in [-0.2, -0.15) is 0 Å². The van der Waals surface area contributed by atoms with Crippen LogP contribution in [-0.2, 0) is 4.74 Å². The van der Waals surface area contributed by atoms with Gasteiger partial charge in [0.25, 0.3) is 0 Å². The number of nitrogens with one attached hydrogen (secondary N) is 1. The maximum atomic E-state index is 6.15. The molecule has 0 aromatic carbocycles. The summed E-state index contributed by atoms with van der Waals surface area (Å²) in [4.78, 5) is 2.63. The van der Waals surface area contributed by atoms with Crippen LogP contribution in [0, 0.1) is 5.92 Å². The number of rotatable bonds is 4. The zero-order chi connectivity index (χ0) is 13.9. The predicted molar refractivity (Wildman–Crippen MR) is 80.5 cm³/mol. The highest BCUT2D eigenvalue weighted by atomic mass is 16.5. The molecule has 0 radical (unpaired) electrons. The molecule has 2 heterocycles. The number of ether oxygens (including phenoxy) is 1. The summed E-state index contributed by atoms with van der Waals surface area (Å²) in [5.41, 5.74) is 0.102. The molecular formula is C16H32N2O. The van der Waals surface area contributed by atoms with Crippen LogP contribution < -0.4 is 5.32 Å². The number of nitrogens with zero attached hydrogens (tertiary/aromatic N) is 1. The van der Waals surface area contributed by atoms with Crippen molar-refractivity contribution < 1.29 is 4.74 Å². The van der Waals surface area contributed by atoms with E-state index in [4.69, 9.17) is 4.74 Å². The van der Waals surface area contributed by atoms with Gasteiger partial charge < -0.3 is 10.1 Å². The van der Waals surface area contributed by atoms with E-state index in [2.05, 4.69) is 37.9 Å². The summed E-state index contributed by atoms with van der Waals surface area (Å²) in [7, 11) is 0. The Labute approximate surface area is 119 Å². The summed E-state index contributed by atoms with van der Waals surface area (Å²) in [5, 5.41) is 3.72. The molecular weight excluding hydrogens is 236 g/mol. The first-order chi connectivity index (χ1) is 9.00. The van der Waals surface area contributed by atoms with Gasteiger partial charge in [-0.05, 0) is 52.1 Å².